The van der Waals surface area contributed by atoms with Crippen LogP contribution in [0.25, 0.3) is 0 Å². The molecule has 5 heteroatoms. The molecule has 184 valence electrons. The molecule has 37 heavy (non-hydrogen) atoms. The van der Waals surface area contributed by atoms with E-state index in [1.807, 2.05) is 24.3 Å². The summed E-state index contributed by atoms with van der Waals surface area (Å²) in [6.45, 7) is 0. The second-order valence-electron chi connectivity index (χ2n) is 8.62. The van der Waals surface area contributed by atoms with Gasteiger partial charge in [-0.2, -0.15) is 0 Å². The molecule has 0 heterocycles. The van der Waals surface area contributed by atoms with Crippen molar-refractivity contribution in [1.29, 1.82) is 0 Å². The van der Waals surface area contributed by atoms with Crippen molar-refractivity contribution in [2.24, 2.45) is 0 Å². The van der Waals surface area contributed by atoms with Gasteiger partial charge in [-0.3, -0.25) is 0 Å². The third-order valence-corrected chi connectivity index (χ3v) is 11.1. The van der Waals surface area contributed by atoms with Crippen LogP contribution in [0.1, 0.15) is 0 Å². The van der Waals surface area contributed by atoms with Crippen molar-refractivity contribution in [3.05, 3.63) is 151 Å². The van der Waals surface area contributed by atoms with Crippen molar-refractivity contribution in [1.82, 2.24) is 0 Å². The van der Waals surface area contributed by atoms with Crippen LogP contribution in [-0.2, 0) is 0 Å². The Balaban J connectivity index is 1.60. The maximum Gasteiger partial charge on any atom is 0.149 e. The van der Waals surface area contributed by atoms with Crippen LogP contribution < -0.4 is 26.1 Å². The standard InChI is InChI=1S/C32H27F2NP2/c33-26-21-22-32(31(34)23-26)35(24-36(27-13-5-1-6-14-27)28-15-7-2-8-16-28)25-37(29-17-9-3-10-18-29)30-19-11-4-12-20-30/h1-23H,24-25H2. The fourth-order valence-electron chi connectivity index (χ4n) is 4.33. The third-order valence-electron chi connectivity index (χ3n) is 6.15. The van der Waals surface area contributed by atoms with Gasteiger partial charge >= 0.3 is 0 Å². The highest BCUT2D eigenvalue weighted by atomic mass is 31.1. The zero-order chi connectivity index (χ0) is 25.5. The molecule has 0 aliphatic carbocycles. The maximum absolute atomic E-state index is 15.3. The molecule has 5 aromatic rings. The quantitative estimate of drug-likeness (QED) is 0.188. The van der Waals surface area contributed by atoms with Crippen LogP contribution >= 0.6 is 15.8 Å². The monoisotopic (exact) mass is 525 g/mol. The molecule has 0 N–H and O–H groups in total. The Kier molecular flexibility index (Phi) is 8.36. The summed E-state index contributed by atoms with van der Waals surface area (Å²) in [6, 6.07) is 45.6. The first-order chi connectivity index (χ1) is 18.2. The number of halogens is 2. The van der Waals surface area contributed by atoms with Crippen LogP contribution in [-0.4, -0.2) is 12.6 Å². The van der Waals surface area contributed by atoms with E-state index in [0.717, 1.165) is 6.07 Å². The molecule has 0 aliphatic heterocycles. The first-order valence-electron chi connectivity index (χ1n) is 12.1. The van der Waals surface area contributed by atoms with Crippen molar-refractivity contribution in [3.8, 4) is 0 Å². The number of nitrogens with zero attached hydrogens (tertiary/aromatic N) is 1. The molecule has 0 bridgehead atoms. The summed E-state index contributed by atoms with van der Waals surface area (Å²) >= 11 is 0. The van der Waals surface area contributed by atoms with Crippen molar-refractivity contribution < 1.29 is 8.78 Å². The third kappa shape index (κ3) is 6.31. The first-order valence-corrected chi connectivity index (χ1v) is 15.2. The fraction of sp³-hybridized carbons (Fsp3) is 0.0625. The van der Waals surface area contributed by atoms with Gasteiger partial charge in [0.15, 0.2) is 0 Å². The van der Waals surface area contributed by atoms with Crippen LogP contribution in [0.5, 0.6) is 0 Å². The Labute approximate surface area is 219 Å². The molecule has 0 radical (unpaired) electrons. The molecule has 0 fully saturated rings. The van der Waals surface area contributed by atoms with Crippen molar-refractivity contribution in [2.45, 2.75) is 0 Å². The van der Waals surface area contributed by atoms with E-state index in [9.17, 15) is 4.39 Å². The van der Waals surface area contributed by atoms with E-state index in [-0.39, 0.29) is 0 Å². The van der Waals surface area contributed by atoms with E-state index in [4.69, 9.17) is 0 Å². The predicted molar refractivity (Wildman–Crippen MR) is 157 cm³/mol. The van der Waals surface area contributed by atoms with Gasteiger partial charge in [0, 0.05) is 18.6 Å². The number of anilines is 1. The van der Waals surface area contributed by atoms with E-state index in [2.05, 4.69) is 102 Å². The Morgan fingerprint density at radius 2 is 0.811 bits per heavy atom. The molecule has 5 rings (SSSR count). The van der Waals surface area contributed by atoms with Crippen LogP contribution in [0.15, 0.2) is 140 Å². The zero-order valence-electron chi connectivity index (χ0n) is 20.3. The van der Waals surface area contributed by atoms with E-state index in [0.29, 0.717) is 18.3 Å². The Morgan fingerprint density at radius 3 is 1.14 bits per heavy atom. The lowest BCUT2D eigenvalue weighted by atomic mass is 10.3. The van der Waals surface area contributed by atoms with Gasteiger partial charge in [-0.25, -0.2) is 8.78 Å². The molecule has 0 aliphatic rings. The SMILES string of the molecule is Fc1ccc(N(CP(c2ccccc2)c2ccccc2)CP(c2ccccc2)c2ccccc2)c(F)c1. The highest BCUT2D eigenvalue weighted by Gasteiger charge is 2.25. The summed E-state index contributed by atoms with van der Waals surface area (Å²) in [5.74, 6) is -1.10. The van der Waals surface area contributed by atoms with E-state index >= 15 is 4.39 Å². The highest BCUT2D eigenvalue weighted by molar-refractivity contribution is 7.74. The maximum atomic E-state index is 15.3. The van der Waals surface area contributed by atoms with Gasteiger partial charge in [0.05, 0.1) is 5.69 Å². The number of rotatable bonds is 9. The van der Waals surface area contributed by atoms with E-state index in [1.165, 1.54) is 27.3 Å². The minimum absolute atomic E-state index is 0.431. The van der Waals surface area contributed by atoms with Crippen molar-refractivity contribution in [2.75, 3.05) is 17.5 Å². The largest absolute Gasteiger partial charge is 0.360 e. The summed E-state index contributed by atoms with van der Waals surface area (Å²) < 4.78 is 29.3. The van der Waals surface area contributed by atoms with Gasteiger partial charge in [0.1, 0.15) is 11.6 Å². The molecule has 1 nitrogen and oxygen atoms in total. The summed E-state index contributed by atoms with van der Waals surface area (Å²) in [5.41, 5.74) is 0.431. The van der Waals surface area contributed by atoms with Gasteiger partial charge in [-0.15, -0.1) is 0 Å². The van der Waals surface area contributed by atoms with Crippen molar-refractivity contribution >= 4 is 42.7 Å². The van der Waals surface area contributed by atoms with Crippen LogP contribution in [0.4, 0.5) is 14.5 Å². The molecular weight excluding hydrogens is 498 g/mol. The Hall–Kier alpha value is -3.38. The second kappa shape index (κ2) is 12.2. The van der Waals surface area contributed by atoms with E-state index < -0.39 is 27.5 Å². The van der Waals surface area contributed by atoms with Crippen LogP contribution in [0.2, 0.25) is 0 Å². The average molecular weight is 526 g/mol. The summed E-state index contributed by atoms with van der Waals surface area (Å²) in [5, 5.41) is 4.89. The topological polar surface area (TPSA) is 3.24 Å². The molecular formula is C32H27F2NP2. The molecule has 0 saturated carbocycles. The normalized spacial score (nSPS) is 11.1. The molecule has 0 saturated heterocycles. The molecule has 0 spiro atoms. The molecule has 0 unspecified atom stereocenters. The average Bonchev–Trinajstić information content (AvgIpc) is 2.95. The highest BCUT2D eigenvalue weighted by Crippen LogP contribution is 2.42. The first kappa shape index (κ1) is 25.3. The lowest BCUT2D eigenvalue weighted by Crippen LogP contribution is -2.32. The van der Waals surface area contributed by atoms with Gasteiger partial charge in [-0.05, 0) is 49.2 Å². The molecule has 0 atom stereocenters. The van der Waals surface area contributed by atoms with Crippen LogP contribution in [0, 0.1) is 11.6 Å². The van der Waals surface area contributed by atoms with Crippen molar-refractivity contribution in [3.63, 3.8) is 0 Å². The summed E-state index contributed by atoms with van der Waals surface area (Å²) in [7, 11) is -1.65. The number of hydrogen-bond donors (Lipinski definition) is 0. The summed E-state index contributed by atoms with van der Waals surface area (Å²) in [6.07, 6.45) is 1.23. The van der Waals surface area contributed by atoms with Gasteiger partial charge in [0.25, 0.3) is 0 Å². The lowest BCUT2D eigenvalue weighted by molar-refractivity contribution is 0.582. The number of hydrogen-bond acceptors (Lipinski definition) is 1. The van der Waals surface area contributed by atoms with Gasteiger partial charge in [-0.1, -0.05) is 121 Å². The Morgan fingerprint density at radius 1 is 0.459 bits per heavy atom. The molecule has 0 aromatic heterocycles. The minimum atomic E-state index is -0.826. The fourth-order valence-corrected chi connectivity index (χ4v) is 9.06. The van der Waals surface area contributed by atoms with E-state index in [1.54, 1.807) is 6.07 Å². The molecule has 5 aromatic carbocycles. The van der Waals surface area contributed by atoms with Gasteiger partial charge in [0.2, 0.25) is 0 Å². The Bertz CT molecular complexity index is 1240. The minimum Gasteiger partial charge on any atom is -0.360 e. The summed E-state index contributed by atoms with van der Waals surface area (Å²) in [4.78, 5) is 2.13. The molecule has 0 amide bonds. The zero-order valence-corrected chi connectivity index (χ0v) is 22.1. The lowest BCUT2D eigenvalue weighted by Gasteiger charge is -2.34. The van der Waals surface area contributed by atoms with Crippen LogP contribution in [0.3, 0.4) is 0 Å². The predicted octanol–water partition coefficient (Wildman–Crippen LogP) is 6.95. The van der Waals surface area contributed by atoms with Gasteiger partial charge < -0.3 is 4.90 Å². The number of benzene rings is 5. The second-order valence-corrected chi connectivity index (χ2v) is 13.0. The smallest absolute Gasteiger partial charge is 0.149 e.